The molecular formula is C14H21N3O4. The Morgan fingerprint density at radius 1 is 1.48 bits per heavy atom. The Morgan fingerprint density at radius 2 is 2.24 bits per heavy atom. The molecule has 116 valence electrons. The number of carbonyl (C=O) groups is 2. The number of hydrogen-bond acceptors (Lipinski definition) is 3. The first-order valence-electron chi connectivity index (χ1n) is 7.11. The molecule has 1 aromatic rings. The first kappa shape index (κ1) is 15.4. The van der Waals surface area contributed by atoms with Crippen molar-refractivity contribution in [3.8, 4) is 0 Å². The second kappa shape index (κ2) is 7.12. The van der Waals surface area contributed by atoms with Gasteiger partial charge in [-0.25, -0.2) is 9.59 Å². The van der Waals surface area contributed by atoms with Crippen molar-refractivity contribution in [3.63, 3.8) is 0 Å². The van der Waals surface area contributed by atoms with Crippen molar-refractivity contribution in [2.24, 2.45) is 5.92 Å². The molecule has 1 aliphatic carbocycles. The van der Waals surface area contributed by atoms with Crippen LogP contribution < -0.4 is 10.6 Å². The van der Waals surface area contributed by atoms with E-state index in [4.69, 9.17) is 9.84 Å². The molecule has 7 heteroatoms. The number of hydrogen-bond donors (Lipinski definition) is 4. The molecule has 0 aromatic carbocycles. The van der Waals surface area contributed by atoms with E-state index in [0.29, 0.717) is 18.8 Å². The van der Waals surface area contributed by atoms with Crippen molar-refractivity contribution in [1.29, 1.82) is 0 Å². The molecule has 4 N–H and O–H groups in total. The lowest BCUT2D eigenvalue weighted by atomic mass is 10.3. The highest BCUT2D eigenvalue weighted by Gasteiger charge is 2.20. The van der Waals surface area contributed by atoms with Crippen LogP contribution in [0.4, 0.5) is 10.5 Å². The van der Waals surface area contributed by atoms with Crippen molar-refractivity contribution in [3.05, 3.63) is 17.5 Å². The highest BCUT2D eigenvalue weighted by Crippen LogP contribution is 2.28. The number of carbonyl (C=O) groups excluding carboxylic acids is 1. The Hall–Kier alpha value is -2.02. The van der Waals surface area contributed by atoms with Gasteiger partial charge in [0.05, 0.1) is 5.69 Å². The van der Waals surface area contributed by atoms with Crippen LogP contribution >= 0.6 is 0 Å². The van der Waals surface area contributed by atoms with Gasteiger partial charge in [-0.15, -0.1) is 0 Å². The van der Waals surface area contributed by atoms with E-state index in [1.165, 1.54) is 12.8 Å². The zero-order valence-corrected chi connectivity index (χ0v) is 12.1. The van der Waals surface area contributed by atoms with Crippen LogP contribution in [0.3, 0.4) is 0 Å². The Kier molecular flexibility index (Phi) is 5.21. The van der Waals surface area contributed by atoms with Crippen molar-refractivity contribution >= 4 is 17.7 Å². The lowest BCUT2D eigenvalue weighted by Crippen LogP contribution is -2.30. The molecule has 2 amide bonds. The second-order valence-electron chi connectivity index (χ2n) is 5.30. The van der Waals surface area contributed by atoms with E-state index >= 15 is 0 Å². The summed E-state index contributed by atoms with van der Waals surface area (Å²) in [6, 6.07) is 1.17. The summed E-state index contributed by atoms with van der Waals surface area (Å²) in [6.07, 6.45) is 3.27. The maximum Gasteiger partial charge on any atom is 0.354 e. The molecule has 1 saturated carbocycles. The van der Waals surface area contributed by atoms with Crippen molar-refractivity contribution in [1.82, 2.24) is 10.3 Å². The number of carboxylic acid groups (broad SMARTS) is 1. The molecule has 0 aliphatic heterocycles. The number of urea groups is 1. The van der Waals surface area contributed by atoms with Crippen molar-refractivity contribution < 1.29 is 19.4 Å². The summed E-state index contributed by atoms with van der Waals surface area (Å²) < 4.78 is 5.46. The molecule has 0 bridgehead atoms. The molecule has 0 spiro atoms. The Labute approximate surface area is 123 Å². The third kappa shape index (κ3) is 5.11. The maximum absolute atomic E-state index is 11.7. The molecule has 1 aliphatic rings. The number of aromatic nitrogens is 1. The van der Waals surface area contributed by atoms with Gasteiger partial charge in [-0.3, -0.25) is 0 Å². The quantitative estimate of drug-likeness (QED) is 0.550. The lowest BCUT2D eigenvalue weighted by molar-refractivity contribution is 0.0692. The van der Waals surface area contributed by atoms with Crippen LogP contribution in [0.15, 0.2) is 6.07 Å². The topological polar surface area (TPSA) is 103 Å². The molecule has 1 aromatic heterocycles. The number of amides is 2. The molecule has 1 heterocycles. The number of nitrogens with one attached hydrogen (secondary N) is 3. The molecule has 0 saturated heterocycles. The van der Waals surface area contributed by atoms with Gasteiger partial charge < -0.3 is 25.5 Å². The Morgan fingerprint density at radius 3 is 2.90 bits per heavy atom. The molecular weight excluding hydrogens is 274 g/mol. The van der Waals surface area contributed by atoms with Gasteiger partial charge in [0.2, 0.25) is 0 Å². The van der Waals surface area contributed by atoms with Gasteiger partial charge in [0.15, 0.2) is 0 Å². The fourth-order valence-corrected chi connectivity index (χ4v) is 1.93. The number of rotatable bonds is 8. The predicted octanol–water partition coefficient (Wildman–Crippen LogP) is 1.96. The van der Waals surface area contributed by atoms with Gasteiger partial charge in [0.25, 0.3) is 0 Å². The molecule has 1 fully saturated rings. The van der Waals surface area contributed by atoms with Crippen molar-refractivity contribution in [2.45, 2.75) is 26.2 Å². The average molecular weight is 295 g/mol. The summed E-state index contributed by atoms with van der Waals surface area (Å²) in [5.74, 6) is -0.362. The van der Waals surface area contributed by atoms with Gasteiger partial charge in [0.1, 0.15) is 5.69 Å². The van der Waals surface area contributed by atoms with Crippen LogP contribution in [-0.2, 0) is 4.74 Å². The summed E-state index contributed by atoms with van der Waals surface area (Å²) in [4.78, 5) is 25.4. The van der Waals surface area contributed by atoms with Crippen LogP contribution in [0.1, 0.15) is 35.4 Å². The predicted molar refractivity (Wildman–Crippen MR) is 77.7 cm³/mol. The van der Waals surface area contributed by atoms with Gasteiger partial charge in [0, 0.05) is 25.5 Å². The minimum absolute atomic E-state index is 0.0181. The third-order valence-electron chi connectivity index (χ3n) is 3.22. The first-order valence-corrected chi connectivity index (χ1v) is 7.11. The number of H-pyrrole nitrogens is 1. The average Bonchev–Trinajstić information content (AvgIpc) is 3.16. The van der Waals surface area contributed by atoms with Gasteiger partial charge in [-0.1, -0.05) is 0 Å². The van der Waals surface area contributed by atoms with Crippen molar-refractivity contribution in [2.75, 3.05) is 25.1 Å². The monoisotopic (exact) mass is 295 g/mol. The van der Waals surface area contributed by atoms with Gasteiger partial charge >= 0.3 is 12.0 Å². The highest BCUT2D eigenvalue weighted by atomic mass is 16.5. The fraction of sp³-hybridized carbons (Fsp3) is 0.571. The largest absolute Gasteiger partial charge is 0.477 e. The highest BCUT2D eigenvalue weighted by molar-refractivity contribution is 5.99. The summed E-state index contributed by atoms with van der Waals surface area (Å²) in [6.45, 7) is 3.66. The second-order valence-corrected chi connectivity index (χ2v) is 5.30. The van der Waals surface area contributed by atoms with Crippen LogP contribution in [0.2, 0.25) is 0 Å². The molecule has 0 atom stereocenters. The molecule has 0 radical (unpaired) electrons. The number of anilines is 1. The summed E-state index contributed by atoms with van der Waals surface area (Å²) in [7, 11) is 0. The summed E-state index contributed by atoms with van der Waals surface area (Å²) in [5, 5.41) is 14.2. The van der Waals surface area contributed by atoms with E-state index in [0.717, 1.165) is 18.9 Å². The number of aromatic carboxylic acids is 1. The first-order chi connectivity index (χ1) is 10.1. The normalized spacial score (nSPS) is 14.0. The smallest absolute Gasteiger partial charge is 0.354 e. The summed E-state index contributed by atoms with van der Waals surface area (Å²) in [5.41, 5.74) is 0.925. The Balaban J connectivity index is 1.65. The molecule has 7 nitrogen and oxygen atoms in total. The molecule has 0 unspecified atom stereocenters. The van der Waals surface area contributed by atoms with Crippen LogP contribution in [0, 0.1) is 12.8 Å². The van der Waals surface area contributed by atoms with Crippen LogP contribution in [-0.4, -0.2) is 41.8 Å². The minimum atomic E-state index is -1.10. The maximum atomic E-state index is 11.7. The van der Waals surface area contributed by atoms with Gasteiger partial charge in [-0.2, -0.15) is 0 Å². The van der Waals surface area contributed by atoms with E-state index in [1.54, 1.807) is 13.0 Å². The van der Waals surface area contributed by atoms with Crippen LogP contribution in [0.5, 0.6) is 0 Å². The Bertz CT molecular complexity index is 508. The third-order valence-corrected chi connectivity index (χ3v) is 3.22. The number of aryl methyl sites for hydroxylation is 1. The SMILES string of the molecule is Cc1cc(NC(=O)NCCCOCC2CC2)c(C(=O)O)[nH]1. The molecule has 21 heavy (non-hydrogen) atoms. The number of ether oxygens (including phenoxy) is 1. The lowest BCUT2D eigenvalue weighted by Gasteiger charge is -2.07. The fourth-order valence-electron chi connectivity index (χ4n) is 1.93. The zero-order valence-electron chi connectivity index (χ0n) is 12.1. The molecule has 2 rings (SSSR count). The van der Waals surface area contributed by atoms with E-state index in [1.807, 2.05) is 0 Å². The summed E-state index contributed by atoms with van der Waals surface area (Å²) >= 11 is 0. The zero-order chi connectivity index (χ0) is 15.2. The standard InChI is InChI=1S/C14H21N3O4/c1-9-7-11(12(16-9)13(18)19)17-14(20)15-5-2-6-21-8-10-3-4-10/h7,10,16H,2-6,8H2,1H3,(H,18,19)(H2,15,17,20). The van der Waals surface area contributed by atoms with E-state index in [-0.39, 0.29) is 11.4 Å². The van der Waals surface area contributed by atoms with Crippen LogP contribution in [0.25, 0.3) is 0 Å². The van der Waals surface area contributed by atoms with E-state index in [9.17, 15) is 9.59 Å². The number of carboxylic acids is 1. The van der Waals surface area contributed by atoms with E-state index < -0.39 is 12.0 Å². The van der Waals surface area contributed by atoms with E-state index in [2.05, 4.69) is 15.6 Å². The minimum Gasteiger partial charge on any atom is -0.477 e. The number of aromatic amines is 1. The van der Waals surface area contributed by atoms with Gasteiger partial charge in [-0.05, 0) is 38.2 Å².